The van der Waals surface area contributed by atoms with Crippen molar-refractivity contribution in [3.63, 3.8) is 0 Å². The molecule has 0 unspecified atom stereocenters. The number of carbonyl (C=O) groups is 3. The Labute approximate surface area is 166 Å². The zero-order valence-corrected chi connectivity index (χ0v) is 16.6. The smallest absolute Gasteiger partial charge is 0.311 e. The van der Waals surface area contributed by atoms with E-state index in [9.17, 15) is 14.4 Å². The third-order valence-electron chi connectivity index (χ3n) is 6.72. The summed E-state index contributed by atoms with van der Waals surface area (Å²) in [6.45, 7) is 2.16. The summed E-state index contributed by atoms with van der Waals surface area (Å²) in [6, 6.07) is 6.84. The molecule has 1 saturated heterocycles. The molecule has 1 heterocycles. The molecule has 28 heavy (non-hydrogen) atoms. The molecule has 4 atom stereocenters. The van der Waals surface area contributed by atoms with Gasteiger partial charge in [0.25, 0.3) is 0 Å². The fourth-order valence-corrected chi connectivity index (χ4v) is 5.40. The molecular weight excluding hydrogens is 354 g/mol. The third kappa shape index (κ3) is 3.47. The molecule has 0 radical (unpaired) electrons. The summed E-state index contributed by atoms with van der Waals surface area (Å²) < 4.78 is 5.45. The monoisotopic (exact) mass is 383 g/mol. The highest BCUT2D eigenvalue weighted by Gasteiger charge is 2.61. The molecule has 5 nitrogen and oxygen atoms in total. The lowest BCUT2D eigenvalue weighted by molar-refractivity contribution is -0.134. The van der Waals surface area contributed by atoms with Crippen LogP contribution in [0.4, 0.5) is 5.69 Å². The van der Waals surface area contributed by atoms with Gasteiger partial charge >= 0.3 is 5.97 Å². The predicted molar refractivity (Wildman–Crippen MR) is 106 cm³/mol. The van der Waals surface area contributed by atoms with E-state index in [0.29, 0.717) is 29.7 Å². The van der Waals surface area contributed by atoms with Crippen LogP contribution in [0.2, 0.25) is 0 Å². The van der Waals surface area contributed by atoms with Gasteiger partial charge in [-0.25, -0.2) is 4.90 Å². The minimum absolute atomic E-state index is 0.0680. The maximum absolute atomic E-state index is 12.9. The lowest BCUT2D eigenvalue weighted by Gasteiger charge is -2.19. The van der Waals surface area contributed by atoms with Crippen LogP contribution < -0.4 is 9.64 Å². The average Bonchev–Trinajstić information content (AvgIpc) is 3.35. The zero-order chi connectivity index (χ0) is 19.7. The van der Waals surface area contributed by atoms with Crippen molar-refractivity contribution in [2.75, 3.05) is 4.90 Å². The third-order valence-corrected chi connectivity index (χ3v) is 6.72. The van der Waals surface area contributed by atoms with Crippen molar-refractivity contribution in [1.82, 2.24) is 0 Å². The Balaban J connectivity index is 1.40. The largest absolute Gasteiger partial charge is 0.426 e. The molecular formula is C23H29NO4. The van der Waals surface area contributed by atoms with E-state index in [-0.39, 0.29) is 29.6 Å². The molecule has 1 aliphatic heterocycles. The molecule has 3 aliphatic rings. The molecule has 2 amide bonds. The Kier molecular flexibility index (Phi) is 5.51. The van der Waals surface area contributed by atoms with Crippen LogP contribution >= 0.6 is 0 Å². The van der Waals surface area contributed by atoms with Gasteiger partial charge < -0.3 is 4.74 Å². The van der Waals surface area contributed by atoms with Crippen LogP contribution in [0.3, 0.4) is 0 Å². The molecule has 0 N–H and O–H groups in total. The molecule has 5 heteroatoms. The normalized spacial score (nSPS) is 28.1. The number of rotatable bonds is 8. The highest BCUT2D eigenvalue weighted by Crippen LogP contribution is 2.56. The fraction of sp³-hybridized carbons (Fsp3) is 0.609. The number of imide groups is 1. The first kappa shape index (κ1) is 19.2. The Morgan fingerprint density at radius 2 is 1.71 bits per heavy atom. The number of hydrogen-bond donors (Lipinski definition) is 0. The van der Waals surface area contributed by atoms with E-state index in [0.717, 1.165) is 38.5 Å². The summed E-state index contributed by atoms with van der Waals surface area (Å²) in [5.41, 5.74) is 0.525. The van der Waals surface area contributed by atoms with Crippen LogP contribution in [-0.4, -0.2) is 17.8 Å². The molecule has 1 aromatic carbocycles. The lowest BCUT2D eigenvalue weighted by atomic mass is 9.81. The first-order valence-electron chi connectivity index (χ1n) is 10.8. The van der Waals surface area contributed by atoms with Crippen molar-refractivity contribution < 1.29 is 19.1 Å². The number of ether oxygens (including phenoxy) is 1. The number of esters is 1. The highest BCUT2D eigenvalue weighted by atomic mass is 16.5. The molecule has 3 fully saturated rings. The Morgan fingerprint density at radius 3 is 2.39 bits per heavy atom. The summed E-state index contributed by atoms with van der Waals surface area (Å²) in [5, 5.41) is 0. The highest BCUT2D eigenvalue weighted by molar-refractivity contribution is 6.22. The van der Waals surface area contributed by atoms with Crippen molar-refractivity contribution in [1.29, 1.82) is 0 Å². The molecule has 2 bridgehead atoms. The van der Waals surface area contributed by atoms with Crippen LogP contribution in [0.5, 0.6) is 5.75 Å². The second kappa shape index (κ2) is 8.06. The van der Waals surface area contributed by atoms with E-state index in [1.54, 1.807) is 24.3 Å². The van der Waals surface area contributed by atoms with Gasteiger partial charge in [0.05, 0.1) is 17.5 Å². The Hall–Kier alpha value is -2.17. The van der Waals surface area contributed by atoms with E-state index in [1.807, 2.05) is 0 Å². The number of benzene rings is 1. The molecule has 2 saturated carbocycles. The van der Waals surface area contributed by atoms with Gasteiger partial charge in [-0.3, -0.25) is 14.4 Å². The van der Waals surface area contributed by atoms with Gasteiger partial charge in [0.15, 0.2) is 0 Å². The number of unbranched alkanes of at least 4 members (excludes halogenated alkanes) is 4. The minimum Gasteiger partial charge on any atom is -0.426 e. The number of amides is 2. The summed E-state index contributed by atoms with van der Waals surface area (Å²) in [7, 11) is 0. The molecule has 0 spiro atoms. The van der Waals surface area contributed by atoms with Gasteiger partial charge in [-0.05, 0) is 49.7 Å². The maximum atomic E-state index is 12.9. The summed E-state index contributed by atoms with van der Waals surface area (Å²) in [6.07, 6.45) is 8.91. The van der Waals surface area contributed by atoms with Crippen molar-refractivity contribution in [2.24, 2.45) is 23.7 Å². The second-order valence-electron chi connectivity index (χ2n) is 8.53. The predicted octanol–water partition coefficient (Wildman–Crippen LogP) is 4.49. The first-order valence-corrected chi connectivity index (χ1v) is 10.8. The molecule has 150 valence electrons. The molecule has 2 aliphatic carbocycles. The first-order chi connectivity index (χ1) is 13.6. The quantitative estimate of drug-likeness (QED) is 0.287. The summed E-state index contributed by atoms with van der Waals surface area (Å²) in [4.78, 5) is 39.3. The van der Waals surface area contributed by atoms with E-state index >= 15 is 0 Å². The standard InChI is InChI=1S/C23H29NO4/c1-2-3-4-5-6-10-19(25)28-18-9-7-8-17(14-18)24-22(26)20-15-11-12-16(13-15)21(20)23(24)27/h7-9,14-16,20-21H,2-6,10-13H2,1H3/t15-,16+,20-,21+. The molecule has 4 rings (SSSR count). The van der Waals surface area contributed by atoms with E-state index in [1.165, 1.54) is 17.7 Å². The SMILES string of the molecule is CCCCCCCC(=O)Oc1cccc(N2C(=O)[C@@H]3[C@@H]4CC[C@@H](C4)[C@@H]3C2=O)c1. The van der Waals surface area contributed by atoms with Crippen molar-refractivity contribution >= 4 is 23.5 Å². The van der Waals surface area contributed by atoms with E-state index in [4.69, 9.17) is 4.74 Å². The number of fused-ring (bicyclic) bond motifs is 5. The van der Waals surface area contributed by atoms with Gasteiger partial charge in [-0.15, -0.1) is 0 Å². The number of hydrogen-bond acceptors (Lipinski definition) is 4. The topological polar surface area (TPSA) is 63.7 Å². The van der Waals surface area contributed by atoms with E-state index < -0.39 is 0 Å². The Bertz CT molecular complexity index is 746. The zero-order valence-electron chi connectivity index (χ0n) is 16.6. The summed E-state index contributed by atoms with van der Waals surface area (Å²) >= 11 is 0. The van der Waals surface area contributed by atoms with Crippen LogP contribution in [0.15, 0.2) is 24.3 Å². The fourth-order valence-electron chi connectivity index (χ4n) is 5.40. The van der Waals surface area contributed by atoms with Gasteiger partial charge in [-0.2, -0.15) is 0 Å². The number of carbonyl (C=O) groups excluding carboxylic acids is 3. The van der Waals surface area contributed by atoms with Crippen LogP contribution in [0.1, 0.15) is 64.7 Å². The number of anilines is 1. The minimum atomic E-state index is -0.261. The maximum Gasteiger partial charge on any atom is 0.311 e. The Morgan fingerprint density at radius 1 is 1.04 bits per heavy atom. The molecule has 0 aromatic heterocycles. The summed E-state index contributed by atoms with van der Waals surface area (Å²) in [5.74, 6) is 0.457. The van der Waals surface area contributed by atoms with Crippen molar-refractivity contribution in [3.05, 3.63) is 24.3 Å². The van der Waals surface area contributed by atoms with Crippen LogP contribution in [0, 0.1) is 23.7 Å². The van der Waals surface area contributed by atoms with Gasteiger partial charge in [0.2, 0.25) is 11.8 Å². The van der Waals surface area contributed by atoms with Crippen molar-refractivity contribution in [2.45, 2.75) is 64.7 Å². The van der Waals surface area contributed by atoms with Crippen LogP contribution in [0.25, 0.3) is 0 Å². The molecule has 1 aromatic rings. The van der Waals surface area contributed by atoms with Gasteiger partial charge in [0.1, 0.15) is 5.75 Å². The average molecular weight is 383 g/mol. The lowest BCUT2D eigenvalue weighted by Crippen LogP contribution is -2.32. The second-order valence-corrected chi connectivity index (χ2v) is 8.53. The number of nitrogens with zero attached hydrogens (tertiary/aromatic N) is 1. The van der Waals surface area contributed by atoms with E-state index in [2.05, 4.69) is 6.92 Å². The van der Waals surface area contributed by atoms with Crippen molar-refractivity contribution in [3.8, 4) is 5.75 Å². The van der Waals surface area contributed by atoms with Crippen LogP contribution in [-0.2, 0) is 14.4 Å². The van der Waals surface area contributed by atoms with Gasteiger partial charge in [0, 0.05) is 12.5 Å². The van der Waals surface area contributed by atoms with Gasteiger partial charge in [-0.1, -0.05) is 38.7 Å².